The Morgan fingerprint density at radius 2 is 1.92 bits per heavy atom. The van der Waals surface area contributed by atoms with E-state index in [1.165, 1.54) is 0 Å². The van der Waals surface area contributed by atoms with Gasteiger partial charge in [0.2, 0.25) is 0 Å². The second kappa shape index (κ2) is 12.9. The van der Waals surface area contributed by atoms with Crippen LogP contribution in [-0.2, 0) is 4.74 Å². The van der Waals surface area contributed by atoms with Gasteiger partial charge < -0.3 is 24.7 Å². The molecular weight excluding hydrogens is 476 g/mol. The normalized spacial score (nSPS) is 15.9. The van der Waals surface area contributed by atoms with E-state index in [4.69, 9.17) is 14.3 Å². The molecule has 4 N–H and O–H groups in total. The zero-order chi connectivity index (χ0) is 25.3. The standard InChI is InChI=1S/C27H32N4O4S/c1-19(27(16-28)36-30-17-24(33)18-32)25-6-7-26(35-25)22-3-2-21-15-23(5-4-20(21)14-22)29-8-9-31-10-12-34-13-11-31/h2-7,14-15,24,29-30,32-33H,8-13,17-18H2,1H3/b27-19+. The maximum atomic E-state index is 9.53. The summed E-state index contributed by atoms with van der Waals surface area (Å²) in [5, 5.41) is 33.7. The van der Waals surface area contributed by atoms with Gasteiger partial charge in [0.15, 0.2) is 0 Å². The van der Waals surface area contributed by atoms with E-state index in [0.717, 1.165) is 79.1 Å². The molecule has 1 fully saturated rings. The molecule has 1 saturated heterocycles. The average Bonchev–Trinajstić information content (AvgIpc) is 3.41. The molecule has 0 aliphatic carbocycles. The molecule has 36 heavy (non-hydrogen) atoms. The van der Waals surface area contributed by atoms with Crippen molar-refractivity contribution in [2.45, 2.75) is 13.0 Å². The smallest absolute Gasteiger partial charge is 0.134 e. The van der Waals surface area contributed by atoms with Crippen LogP contribution >= 0.6 is 11.9 Å². The molecule has 1 aliphatic heterocycles. The Morgan fingerprint density at radius 3 is 2.69 bits per heavy atom. The Balaban J connectivity index is 1.41. The third-order valence-corrected chi connectivity index (χ3v) is 7.02. The second-order valence-electron chi connectivity index (χ2n) is 8.67. The summed E-state index contributed by atoms with van der Waals surface area (Å²) in [5.41, 5.74) is 2.77. The van der Waals surface area contributed by atoms with Gasteiger partial charge in [-0.05, 0) is 60.0 Å². The zero-order valence-corrected chi connectivity index (χ0v) is 21.2. The number of allylic oxidation sites excluding steroid dienone is 2. The number of morpholine rings is 1. The summed E-state index contributed by atoms with van der Waals surface area (Å²) < 4.78 is 14.4. The van der Waals surface area contributed by atoms with Crippen molar-refractivity contribution in [2.75, 3.05) is 57.9 Å². The molecule has 0 radical (unpaired) electrons. The van der Waals surface area contributed by atoms with Crippen molar-refractivity contribution in [1.82, 2.24) is 9.62 Å². The number of fused-ring (bicyclic) bond motifs is 1. The molecule has 1 unspecified atom stereocenters. The lowest BCUT2D eigenvalue weighted by atomic mass is 10.0. The Morgan fingerprint density at radius 1 is 1.14 bits per heavy atom. The van der Waals surface area contributed by atoms with Gasteiger partial charge >= 0.3 is 0 Å². The van der Waals surface area contributed by atoms with Crippen LogP contribution in [0, 0.1) is 11.3 Å². The topological polar surface area (TPSA) is 114 Å². The summed E-state index contributed by atoms with van der Waals surface area (Å²) in [6.07, 6.45) is -0.872. The highest BCUT2D eigenvalue weighted by molar-refractivity contribution is 8.01. The van der Waals surface area contributed by atoms with E-state index >= 15 is 0 Å². The van der Waals surface area contributed by atoms with Crippen LogP contribution in [0.25, 0.3) is 27.7 Å². The van der Waals surface area contributed by atoms with Crippen molar-refractivity contribution in [1.29, 1.82) is 5.26 Å². The predicted octanol–water partition coefficient (Wildman–Crippen LogP) is 3.69. The molecule has 1 aliphatic rings. The van der Waals surface area contributed by atoms with Gasteiger partial charge in [0.05, 0.1) is 25.9 Å². The lowest BCUT2D eigenvalue weighted by Gasteiger charge is -2.26. The molecule has 0 saturated carbocycles. The van der Waals surface area contributed by atoms with Crippen LogP contribution in [0.2, 0.25) is 0 Å². The molecule has 1 atom stereocenters. The lowest BCUT2D eigenvalue weighted by molar-refractivity contribution is 0.0398. The largest absolute Gasteiger partial charge is 0.456 e. The minimum Gasteiger partial charge on any atom is -0.456 e. The molecule has 0 bridgehead atoms. The van der Waals surface area contributed by atoms with Gasteiger partial charge in [0, 0.05) is 49.5 Å². The fourth-order valence-corrected chi connectivity index (χ4v) is 4.68. The van der Waals surface area contributed by atoms with Crippen molar-refractivity contribution in [3.8, 4) is 17.4 Å². The van der Waals surface area contributed by atoms with Crippen LogP contribution in [0.1, 0.15) is 12.7 Å². The van der Waals surface area contributed by atoms with Crippen LogP contribution < -0.4 is 10.0 Å². The number of rotatable bonds is 11. The van der Waals surface area contributed by atoms with Crippen LogP contribution in [0.3, 0.4) is 0 Å². The molecule has 190 valence electrons. The molecule has 0 amide bonds. The Bertz CT molecular complexity index is 1230. The minimum atomic E-state index is -0.872. The first-order chi connectivity index (χ1) is 17.6. The van der Waals surface area contributed by atoms with Crippen molar-refractivity contribution in [2.24, 2.45) is 0 Å². The number of ether oxygens (including phenoxy) is 1. The first-order valence-corrected chi connectivity index (χ1v) is 12.9. The molecule has 4 rings (SSSR count). The number of nitrogens with one attached hydrogen (secondary N) is 2. The Labute approximate surface area is 215 Å². The van der Waals surface area contributed by atoms with E-state index in [-0.39, 0.29) is 13.2 Å². The van der Waals surface area contributed by atoms with Crippen molar-refractivity contribution >= 4 is 34.0 Å². The highest BCUT2D eigenvalue weighted by Gasteiger charge is 2.13. The Kier molecular flexibility index (Phi) is 9.41. The fourth-order valence-electron chi connectivity index (χ4n) is 3.96. The summed E-state index contributed by atoms with van der Waals surface area (Å²) in [6, 6.07) is 18.5. The van der Waals surface area contributed by atoms with Crippen LogP contribution in [0.4, 0.5) is 5.69 Å². The third-order valence-electron chi connectivity index (χ3n) is 6.11. The molecular formula is C27H32N4O4S. The SMILES string of the molecule is C/C(=C(/C#N)SNCC(O)CO)c1ccc(-c2ccc3cc(NCCN4CCOCC4)ccc3c2)o1. The van der Waals surface area contributed by atoms with Crippen molar-refractivity contribution in [3.05, 3.63) is 59.2 Å². The predicted molar refractivity (Wildman–Crippen MR) is 144 cm³/mol. The summed E-state index contributed by atoms with van der Waals surface area (Å²) >= 11 is 1.11. The van der Waals surface area contributed by atoms with E-state index in [1.54, 1.807) is 0 Å². The number of hydrogen-bond acceptors (Lipinski definition) is 9. The zero-order valence-electron chi connectivity index (χ0n) is 20.4. The van der Waals surface area contributed by atoms with Crippen LogP contribution in [0.15, 0.2) is 57.9 Å². The maximum absolute atomic E-state index is 9.53. The lowest BCUT2D eigenvalue weighted by Crippen LogP contribution is -2.38. The van der Waals surface area contributed by atoms with Gasteiger partial charge in [0.25, 0.3) is 0 Å². The number of benzene rings is 2. The highest BCUT2D eigenvalue weighted by Crippen LogP contribution is 2.32. The molecule has 2 aromatic carbocycles. The van der Waals surface area contributed by atoms with Crippen molar-refractivity contribution in [3.63, 3.8) is 0 Å². The monoisotopic (exact) mass is 508 g/mol. The summed E-state index contributed by atoms with van der Waals surface area (Å²) in [5.74, 6) is 1.34. The summed E-state index contributed by atoms with van der Waals surface area (Å²) in [6.45, 7) is 7.18. The van der Waals surface area contributed by atoms with E-state index in [9.17, 15) is 10.4 Å². The second-order valence-corrected chi connectivity index (χ2v) is 9.58. The number of aliphatic hydroxyl groups excluding tert-OH is 2. The third kappa shape index (κ3) is 6.89. The summed E-state index contributed by atoms with van der Waals surface area (Å²) in [7, 11) is 0. The molecule has 8 nitrogen and oxygen atoms in total. The number of nitrogens with zero attached hydrogens (tertiary/aromatic N) is 2. The van der Waals surface area contributed by atoms with E-state index < -0.39 is 6.10 Å². The van der Waals surface area contributed by atoms with Gasteiger partial charge in [-0.2, -0.15) is 5.26 Å². The van der Waals surface area contributed by atoms with E-state index in [2.05, 4.69) is 51.3 Å². The first kappa shape index (κ1) is 26.2. The van der Waals surface area contributed by atoms with Gasteiger partial charge in [-0.3, -0.25) is 9.62 Å². The quantitative estimate of drug-likeness (QED) is 0.227. The van der Waals surface area contributed by atoms with Crippen molar-refractivity contribution < 1.29 is 19.4 Å². The van der Waals surface area contributed by atoms with Crippen LogP contribution in [-0.4, -0.2) is 73.8 Å². The molecule has 1 aromatic heterocycles. The number of nitriles is 1. The fraction of sp³-hybridized carbons (Fsp3) is 0.370. The minimum absolute atomic E-state index is 0.172. The average molecular weight is 509 g/mol. The van der Waals surface area contributed by atoms with Crippen LogP contribution in [0.5, 0.6) is 0 Å². The number of hydrogen-bond donors (Lipinski definition) is 4. The molecule has 2 heterocycles. The van der Waals surface area contributed by atoms with Gasteiger partial charge in [-0.1, -0.05) is 18.2 Å². The maximum Gasteiger partial charge on any atom is 0.134 e. The Hall–Kier alpha value is -2.84. The first-order valence-electron chi connectivity index (χ1n) is 12.1. The summed E-state index contributed by atoms with van der Waals surface area (Å²) in [4.78, 5) is 2.85. The molecule has 9 heteroatoms. The molecule has 3 aromatic rings. The van der Waals surface area contributed by atoms with Gasteiger partial charge in [-0.25, -0.2) is 0 Å². The number of anilines is 1. The highest BCUT2D eigenvalue weighted by atomic mass is 32.2. The number of aliphatic hydroxyl groups is 2. The van der Waals surface area contributed by atoms with Gasteiger partial charge in [0.1, 0.15) is 22.5 Å². The molecule has 0 spiro atoms. The number of furan rings is 1. The van der Waals surface area contributed by atoms with E-state index in [1.807, 2.05) is 25.1 Å². The van der Waals surface area contributed by atoms with Gasteiger partial charge in [-0.15, -0.1) is 0 Å². The van der Waals surface area contributed by atoms with E-state index in [0.29, 0.717) is 16.2 Å².